The van der Waals surface area contributed by atoms with Crippen LogP contribution in [0.3, 0.4) is 0 Å². The molecule has 0 aliphatic heterocycles. The molecule has 0 aromatic rings. The molecule has 0 saturated carbocycles. The fraction of sp³-hybridized carbons (Fsp3) is 0.700. The number of alkyl halides is 3. The first-order chi connectivity index (χ1) is 7.68. The van der Waals surface area contributed by atoms with E-state index >= 15 is 0 Å². The lowest BCUT2D eigenvalue weighted by Crippen LogP contribution is -2.34. The fourth-order valence-electron chi connectivity index (χ4n) is 0.722. The Morgan fingerprint density at radius 1 is 1.47 bits per heavy atom. The molecular formula is C10H15F3O4. The molecule has 0 heterocycles. The third-order valence-electron chi connectivity index (χ3n) is 1.82. The minimum absolute atomic E-state index is 0.0901. The number of aliphatic hydroxyl groups is 1. The molecule has 7 heteroatoms. The Morgan fingerprint density at radius 2 is 2.00 bits per heavy atom. The summed E-state index contributed by atoms with van der Waals surface area (Å²) < 4.78 is 45.3. The lowest BCUT2D eigenvalue weighted by atomic mass is 10.3. The molecule has 2 unspecified atom stereocenters. The predicted molar refractivity (Wildman–Crippen MR) is 53.2 cm³/mol. The van der Waals surface area contributed by atoms with Crippen molar-refractivity contribution < 1.29 is 32.5 Å². The van der Waals surface area contributed by atoms with Crippen molar-refractivity contribution >= 4 is 5.97 Å². The zero-order valence-corrected chi connectivity index (χ0v) is 9.58. The van der Waals surface area contributed by atoms with Crippen molar-refractivity contribution in [1.82, 2.24) is 0 Å². The van der Waals surface area contributed by atoms with E-state index in [1.807, 2.05) is 0 Å². The second kappa shape index (κ2) is 6.61. The van der Waals surface area contributed by atoms with Crippen LogP contribution in [-0.2, 0) is 14.3 Å². The Kier molecular flexibility index (Phi) is 6.19. The number of carbonyl (C=O) groups is 1. The molecule has 100 valence electrons. The number of hydrogen-bond acceptors (Lipinski definition) is 4. The van der Waals surface area contributed by atoms with Gasteiger partial charge in [0.15, 0.2) is 6.10 Å². The molecule has 0 aliphatic rings. The number of esters is 1. The number of carbonyl (C=O) groups excluding carboxylic acids is 1. The van der Waals surface area contributed by atoms with Crippen LogP contribution in [0.1, 0.15) is 13.8 Å². The zero-order valence-electron chi connectivity index (χ0n) is 9.58. The average molecular weight is 256 g/mol. The molecule has 0 aliphatic carbocycles. The van der Waals surface area contributed by atoms with Crippen LogP contribution >= 0.6 is 0 Å². The fourth-order valence-corrected chi connectivity index (χ4v) is 0.722. The van der Waals surface area contributed by atoms with E-state index in [1.54, 1.807) is 0 Å². The van der Waals surface area contributed by atoms with Crippen LogP contribution in [0.25, 0.3) is 0 Å². The molecule has 1 N–H and O–H groups in total. The van der Waals surface area contributed by atoms with E-state index in [9.17, 15) is 18.0 Å². The summed E-state index contributed by atoms with van der Waals surface area (Å²) in [5, 5.41) is 8.80. The highest BCUT2D eigenvalue weighted by Gasteiger charge is 2.37. The van der Waals surface area contributed by atoms with Crippen molar-refractivity contribution in [3.8, 4) is 0 Å². The molecule has 0 spiro atoms. The van der Waals surface area contributed by atoms with Gasteiger partial charge in [-0.15, -0.1) is 0 Å². The molecule has 0 aromatic heterocycles. The summed E-state index contributed by atoms with van der Waals surface area (Å²) in [6.07, 6.45) is -7.61. The van der Waals surface area contributed by atoms with E-state index in [1.165, 1.54) is 6.92 Å². The standard InChI is InChI=1S/C10H15F3O4/c1-6(2)9(15)17-8(4-14)5-16-7(3)10(11,12)13/h7-8,14H,1,4-5H2,2-3H3. The minimum Gasteiger partial charge on any atom is -0.454 e. The van der Waals surface area contributed by atoms with Crippen LogP contribution < -0.4 is 0 Å². The van der Waals surface area contributed by atoms with Gasteiger partial charge in [0.1, 0.15) is 6.10 Å². The predicted octanol–water partition coefficient (Wildman–Crippen LogP) is 1.43. The van der Waals surface area contributed by atoms with Gasteiger partial charge in [-0.25, -0.2) is 4.79 Å². The van der Waals surface area contributed by atoms with E-state index in [4.69, 9.17) is 5.11 Å². The molecule has 0 fully saturated rings. The summed E-state index contributed by atoms with van der Waals surface area (Å²) in [6.45, 7) is 4.36. The third-order valence-corrected chi connectivity index (χ3v) is 1.82. The SMILES string of the molecule is C=C(C)C(=O)OC(CO)COC(C)C(F)(F)F. The van der Waals surface area contributed by atoms with Crippen LogP contribution in [0.15, 0.2) is 12.2 Å². The first kappa shape index (κ1) is 15.9. The van der Waals surface area contributed by atoms with Crippen LogP contribution in [-0.4, -0.2) is 42.7 Å². The first-order valence-corrected chi connectivity index (χ1v) is 4.84. The number of hydrogen-bond donors (Lipinski definition) is 1. The Balaban J connectivity index is 4.16. The van der Waals surface area contributed by atoms with Crippen LogP contribution in [0.4, 0.5) is 13.2 Å². The van der Waals surface area contributed by atoms with Gasteiger partial charge in [-0.3, -0.25) is 0 Å². The Labute approximate surface area is 97.0 Å². The first-order valence-electron chi connectivity index (χ1n) is 4.84. The van der Waals surface area contributed by atoms with Gasteiger partial charge < -0.3 is 14.6 Å². The van der Waals surface area contributed by atoms with Crippen molar-refractivity contribution in [2.45, 2.75) is 32.2 Å². The Morgan fingerprint density at radius 3 is 2.35 bits per heavy atom. The second-order valence-electron chi connectivity index (χ2n) is 3.51. The summed E-state index contributed by atoms with van der Waals surface area (Å²) in [4.78, 5) is 11.0. The number of aliphatic hydroxyl groups excluding tert-OH is 1. The normalized spacial score (nSPS) is 15.2. The number of ether oxygens (including phenoxy) is 2. The van der Waals surface area contributed by atoms with Gasteiger partial charge in [0, 0.05) is 5.57 Å². The highest BCUT2D eigenvalue weighted by molar-refractivity contribution is 5.87. The molecule has 0 amide bonds. The van der Waals surface area contributed by atoms with Gasteiger partial charge >= 0.3 is 12.1 Å². The number of halogens is 3. The van der Waals surface area contributed by atoms with E-state index in [0.29, 0.717) is 0 Å². The third kappa shape index (κ3) is 6.28. The largest absolute Gasteiger partial charge is 0.454 e. The van der Waals surface area contributed by atoms with Crippen LogP contribution in [0.5, 0.6) is 0 Å². The van der Waals surface area contributed by atoms with Crippen molar-refractivity contribution in [3.05, 3.63) is 12.2 Å². The van der Waals surface area contributed by atoms with E-state index < -0.39 is 37.6 Å². The highest BCUT2D eigenvalue weighted by Crippen LogP contribution is 2.22. The topological polar surface area (TPSA) is 55.8 Å². The maximum absolute atomic E-state index is 12.1. The molecule has 0 bridgehead atoms. The Hall–Kier alpha value is -1.08. The van der Waals surface area contributed by atoms with Crippen molar-refractivity contribution in [3.63, 3.8) is 0 Å². The average Bonchev–Trinajstić information content (AvgIpc) is 2.21. The molecular weight excluding hydrogens is 241 g/mol. The molecule has 17 heavy (non-hydrogen) atoms. The molecule has 0 saturated heterocycles. The van der Waals surface area contributed by atoms with Crippen molar-refractivity contribution in [2.24, 2.45) is 0 Å². The molecule has 0 aromatic carbocycles. The lowest BCUT2D eigenvalue weighted by Gasteiger charge is -2.20. The van der Waals surface area contributed by atoms with Crippen molar-refractivity contribution in [1.29, 1.82) is 0 Å². The summed E-state index contributed by atoms with van der Waals surface area (Å²) in [5.41, 5.74) is 0.0901. The van der Waals surface area contributed by atoms with E-state index in [2.05, 4.69) is 16.1 Å². The summed E-state index contributed by atoms with van der Waals surface area (Å²) >= 11 is 0. The summed E-state index contributed by atoms with van der Waals surface area (Å²) in [6, 6.07) is 0. The minimum atomic E-state index is -4.49. The van der Waals surface area contributed by atoms with Crippen LogP contribution in [0, 0.1) is 0 Å². The van der Waals surface area contributed by atoms with Gasteiger partial charge in [-0.05, 0) is 13.8 Å². The summed E-state index contributed by atoms with van der Waals surface area (Å²) in [7, 11) is 0. The highest BCUT2D eigenvalue weighted by atomic mass is 19.4. The maximum atomic E-state index is 12.1. The maximum Gasteiger partial charge on any atom is 0.414 e. The number of rotatable bonds is 6. The molecule has 0 rings (SSSR count). The van der Waals surface area contributed by atoms with Gasteiger partial charge in [0.05, 0.1) is 13.2 Å². The van der Waals surface area contributed by atoms with E-state index in [0.717, 1.165) is 6.92 Å². The quantitative estimate of drug-likeness (QED) is 0.577. The smallest absolute Gasteiger partial charge is 0.414 e. The van der Waals surface area contributed by atoms with Gasteiger partial charge in [-0.1, -0.05) is 6.58 Å². The lowest BCUT2D eigenvalue weighted by molar-refractivity contribution is -0.221. The Bertz CT molecular complexity index is 275. The van der Waals surface area contributed by atoms with Crippen LogP contribution in [0.2, 0.25) is 0 Å². The monoisotopic (exact) mass is 256 g/mol. The summed E-state index contributed by atoms with van der Waals surface area (Å²) in [5.74, 6) is -0.785. The molecule has 0 radical (unpaired) electrons. The van der Waals surface area contributed by atoms with E-state index in [-0.39, 0.29) is 5.57 Å². The second-order valence-corrected chi connectivity index (χ2v) is 3.51. The van der Waals surface area contributed by atoms with Gasteiger partial charge in [0.25, 0.3) is 0 Å². The van der Waals surface area contributed by atoms with Crippen molar-refractivity contribution in [2.75, 3.05) is 13.2 Å². The van der Waals surface area contributed by atoms with Gasteiger partial charge in [-0.2, -0.15) is 13.2 Å². The zero-order chi connectivity index (χ0) is 13.6. The molecule has 2 atom stereocenters. The molecule has 4 nitrogen and oxygen atoms in total. The van der Waals surface area contributed by atoms with Gasteiger partial charge in [0.2, 0.25) is 0 Å².